The first-order chi connectivity index (χ1) is 13.7. The van der Waals surface area contributed by atoms with Gasteiger partial charge in [-0.15, -0.1) is 0 Å². The van der Waals surface area contributed by atoms with Crippen molar-refractivity contribution in [3.8, 4) is 17.1 Å². The number of benzene rings is 2. The van der Waals surface area contributed by atoms with E-state index in [9.17, 15) is 4.79 Å². The quantitative estimate of drug-likeness (QED) is 0.394. The average molecular weight is 403 g/mol. The third kappa shape index (κ3) is 3.04. The molecule has 0 atom stereocenters. The minimum atomic E-state index is -0.196. The van der Waals surface area contributed by atoms with Gasteiger partial charge < -0.3 is 9.73 Å². The molecule has 0 spiro atoms. The first kappa shape index (κ1) is 17.0. The van der Waals surface area contributed by atoms with Gasteiger partial charge in [-0.3, -0.25) is 4.79 Å². The molecule has 1 amide bonds. The number of thioether (sulfide) groups is 1. The number of furan rings is 1. The van der Waals surface area contributed by atoms with Crippen LogP contribution in [0.2, 0.25) is 0 Å². The van der Waals surface area contributed by atoms with Gasteiger partial charge in [-0.1, -0.05) is 60.4 Å². The van der Waals surface area contributed by atoms with Crippen LogP contribution in [0.1, 0.15) is 5.56 Å². The molecule has 1 saturated heterocycles. The summed E-state index contributed by atoms with van der Waals surface area (Å²) < 4.78 is 8.26. The zero-order valence-electron chi connectivity index (χ0n) is 14.5. The zero-order valence-corrected chi connectivity index (χ0v) is 16.1. The number of hydrogen-bond acceptors (Lipinski definition) is 5. The van der Waals surface area contributed by atoms with Gasteiger partial charge in [0.1, 0.15) is 15.6 Å². The van der Waals surface area contributed by atoms with Gasteiger partial charge in [-0.05, 0) is 30.3 Å². The molecular weight excluding hydrogens is 390 g/mol. The van der Waals surface area contributed by atoms with Crippen molar-refractivity contribution in [2.75, 3.05) is 0 Å². The molecule has 3 heterocycles. The number of hydrogen-bond donors (Lipinski definition) is 1. The van der Waals surface area contributed by atoms with Crippen molar-refractivity contribution in [1.29, 1.82) is 0 Å². The summed E-state index contributed by atoms with van der Waals surface area (Å²) in [6.45, 7) is 0. The summed E-state index contributed by atoms with van der Waals surface area (Å²) in [7, 11) is 0. The number of fused-ring (bicyclic) bond motifs is 1. The van der Waals surface area contributed by atoms with Crippen LogP contribution < -0.4 is 5.32 Å². The molecule has 4 aromatic rings. The lowest BCUT2D eigenvalue weighted by Crippen LogP contribution is -2.17. The molecule has 0 radical (unpaired) electrons. The number of nitrogens with zero attached hydrogens (tertiary/aromatic N) is 2. The Hall–Kier alpha value is -3.16. The molecule has 28 heavy (non-hydrogen) atoms. The summed E-state index contributed by atoms with van der Waals surface area (Å²) in [6.07, 6.45) is 3.69. The highest BCUT2D eigenvalue weighted by molar-refractivity contribution is 8.26. The third-order valence-corrected chi connectivity index (χ3v) is 5.51. The minimum Gasteiger partial charge on any atom is -0.454 e. The Morgan fingerprint density at radius 1 is 1.11 bits per heavy atom. The predicted molar refractivity (Wildman–Crippen MR) is 115 cm³/mol. The van der Waals surface area contributed by atoms with Crippen molar-refractivity contribution in [3.63, 3.8) is 0 Å². The highest BCUT2D eigenvalue weighted by Crippen LogP contribution is 2.33. The molecule has 1 aliphatic rings. The maximum atomic E-state index is 12.1. The number of nitrogens with one attached hydrogen (secondary N) is 1. The number of aromatic nitrogens is 2. The van der Waals surface area contributed by atoms with Crippen molar-refractivity contribution in [1.82, 2.24) is 15.1 Å². The molecule has 7 heteroatoms. The first-order valence-corrected chi connectivity index (χ1v) is 9.79. The summed E-state index contributed by atoms with van der Waals surface area (Å²) in [4.78, 5) is 12.7. The molecule has 0 unspecified atom stereocenters. The molecule has 2 aromatic heterocycles. The number of para-hydroxylation sites is 2. The van der Waals surface area contributed by atoms with E-state index in [4.69, 9.17) is 21.7 Å². The zero-order chi connectivity index (χ0) is 19.1. The molecule has 5 nitrogen and oxygen atoms in total. The summed E-state index contributed by atoms with van der Waals surface area (Å²) in [6, 6.07) is 19.6. The number of amides is 1. The van der Waals surface area contributed by atoms with Crippen molar-refractivity contribution < 1.29 is 9.21 Å². The molecule has 5 rings (SSSR count). The highest BCUT2D eigenvalue weighted by Gasteiger charge is 2.24. The molecule has 0 saturated carbocycles. The van der Waals surface area contributed by atoms with Gasteiger partial charge in [0, 0.05) is 17.1 Å². The van der Waals surface area contributed by atoms with E-state index in [0.29, 0.717) is 20.7 Å². The van der Waals surface area contributed by atoms with Gasteiger partial charge >= 0.3 is 0 Å². The molecular formula is C21H13N3O2S2. The highest BCUT2D eigenvalue weighted by atomic mass is 32.2. The van der Waals surface area contributed by atoms with Crippen LogP contribution in [0.5, 0.6) is 0 Å². The second-order valence-electron chi connectivity index (χ2n) is 6.21. The lowest BCUT2D eigenvalue weighted by atomic mass is 10.2. The van der Waals surface area contributed by atoms with Gasteiger partial charge in [0.05, 0.1) is 10.6 Å². The van der Waals surface area contributed by atoms with Crippen LogP contribution in [-0.4, -0.2) is 20.0 Å². The van der Waals surface area contributed by atoms with E-state index in [-0.39, 0.29) is 5.91 Å². The summed E-state index contributed by atoms with van der Waals surface area (Å²) in [5.74, 6) is 0.451. The van der Waals surface area contributed by atoms with Crippen LogP contribution in [0.25, 0.3) is 34.2 Å². The van der Waals surface area contributed by atoms with E-state index < -0.39 is 0 Å². The van der Waals surface area contributed by atoms with Gasteiger partial charge in [-0.2, -0.15) is 5.10 Å². The lowest BCUT2D eigenvalue weighted by molar-refractivity contribution is -0.115. The summed E-state index contributed by atoms with van der Waals surface area (Å²) in [5, 5.41) is 8.38. The Labute approximate surface area is 170 Å². The van der Waals surface area contributed by atoms with Crippen LogP contribution in [0.15, 0.2) is 76.2 Å². The van der Waals surface area contributed by atoms with E-state index in [1.807, 2.05) is 66.9 Å². The molecule has 1 aliphatic heterocycles. The van der Waals surface area contributed by atoms with E-state index in [0.717, 1.165) is 22.2 Å². The molecule has 0 aliphatic carbocycles. The van der Waals surface area contributed by atoms with Crippen molar-refractivity contribution in [3.05, 3.63) is 77.3 Å². The van der Waals surface area contributed by atoms with Gasteiger partial charge in [0.15, 0.2) is 5.76 Å². The average Bonchev–Trinajstić information content (AvgIpc) is 3.39. The molecule has 136 valence electrons. The lowest BCUT2D eigenvalue weighted by Gasteiger charge is -1.98. The monoisotopic (exact) mass is 403 g/mol. The number of carbonyl (C=O) groups excluding carboxylic acids is 1. The van der Waals surface area contributed by atoms with E-state index in [1.165, 1.54) is 11.8 Å². The number of carbonyl (C=O) groups is 1. The normalized spacial score (nSPS) is 15.5. The van der Waals surface area contributed by atoms with Gasteiger partial charge in [-0.25, -0.2) is 4.68 Å². The maximum Gasteiger partial charge on any atom is 0.263 e. The Morgan fingerprint density at radius 3 is 2.64 bits per heavy atom. The van der Waals surface area contributed by atoms with Crippen LogP contribution >= 0.6 is 24.0 Å². The van der Waals surface area contributed by atoms with Crippen LogP contribution in [0.4, 0.5) is 0 Å². The van der Waals surface area contributed by atoms with Crippen molar-refractivity contribution in [2.45, 2.75) is 0 Å². The largest absolute Gasteiger partial charge is 0.454 e. The molecule has 2 aromatic carbocycles. The van der Waals surface area contributed by atoms with Gasteiger partial charge in [0.25, 0.3) is 5.91 Å². The fourth-order valence-electron chi connectivity index (χ4n) is 3.06. The standard InChI is InChI=1S/C21H13N3O2S2/c25-20-18(28-21(27)22-20)11-14-12-24(15-7-2-1-3-8-15)23-19(14)17-10-13-6-4-5-9-16(13)26-17/h1-12H,(H,22,25,27)/b18-11+. The number of thiocarbonyl (C=S) groups is 1. The first-order valence-electron chi connectivity index (χ1n) is 8.56. The second-order valence-corrected chi connectivity index (χ2v) is 7.93. The van der Waals surface area contributed by atoms with Gasteiger partial charge in [0.2, 0.25) is 0 Å². The molecule has 0 bridgehead atoms. The second kappa shape index (κ2) is 6.78. The third-order valence-electron chi connectivity index (χ3n) is 4.35. The summed E-state index contributed by atoms with van der Waals surface area (Å²) >= 11 is 6.34. The molecule has 1 fully saturated rings. The predicted octanol–water partition coefficient (Wildman–Crippen LogP) is 4.77. The maximum absolute atomic E-state index is 12.1. The Bertz CT molecular complexity index is 1220. The summed E-state index contributed by atoms with van der Waals surface area (Å²) in [5.41, 5.74) is 3.16. The fraction of sp³-hybridized carbons (Fsp3) is 0. The molecule has 1 N–H and O–H groups in total. The van der Waals surface area contributed by atoms with E-state index in [1.54, 1.807) is 10.8 Å². The van der Waals surface area contributed by atoms with Crippen LogP contribution in [0.3, 0.4) is 0 Å². The van der Waals surface area contributed by atoms with E-state index >= 15 is 0 Å². The number of rotatable bonds is 3. The Kier molecular flexibility index (Phi) is 4.11. The Morgan fingerprint density at radius 2 is 1.89 bits per heavy atom. The smallest absolute Gasteiger partial charge is 0.263 e. The van der Waals surface area contributed by atoms with Crippen LogP contribution in [-0.2, 0) is 4.79 Å². The SMILES string of the molecule is O=C1NC(=S)S/C1=C/c1cn(-c2ccccc2)nc1-c1cc2ccccc2o1. The van der Waals surface area contributed by atoms with Crippen molar-refractivity contribution in [2.24, 2.45) is 0 Å². The van der Waals surface area contributed by atoms with Crippen molar-refractivity contribution >= 4 is 51.3 Å². The topological polar surface area (TPSA) is 60.1 Å². The van der Waals surface area contributed by atoms with E-state index in [2.05, 4.69) is 5.32 Å². The van der Waals surface area contributed by atoms with Crippen LogP contribution in [0, 0.1) is 0 Å². The minimum absolute atomic E-state index is 0.196. The Balaban J connectivity index is 1.68. The fourth-order valence-corrected chi connectivity index (χ4v) is 4.09.